The van der Waals surface area contributed by atoms with Crippen molar-refractivity contribution in [3.63, 3.8) is 0 Å². The largest absolute Gasteiger partial charge is 0.373 e. The van der Waals surface area contributed by atoms with E-state index in [2.05, 4.69) is 20.8 Å². The summed E-state index contributed by atoms with van der Waals surface area (Å²) in [5, 5.41) is 0. The quantitative estimate of drug-likeness (QED) is 0.571. The highest BCUT2D eigenvalue weighted by molar-refractivity contribution is 4.73. The first-order valence-corrected chi connectivity index (χ1v) is 4.39. The van der Waals surface area contributed by atoms with Crippen LogP contribution in [0.4, 0.5) is 0 Å². The van der Waals surface area contributed by atoms with Crippen molar-refractivity contribution in [1.29, 1.82) is 0 Å². The average molecular weight is 158 g/mol. The minimum absolute atomic E-state index is 0.0424. The van der Waals surface area contributed by atoms with Gasteiger partial charge in [-0.05, 0) is 20.3 Å². The van der Waals surface area contributed by atoms with Gasteiger partial charge in [0.1, 0.15) is 6.10 Å². The first kappa shape index (κ1) is 9.01. The molecule has 0 aromatic carbocycles. The third-order valence-corrected chi connectivity index (χ3v) is 1.91. The van der Waals surface area contributed by atoms with E-state index in [4.69, 9.17) is 9.47 Å². The Balaban J connectivity index is 2.09. The van der Waals surface area contributed by atoms with Crippen LogP contribution < -0.4 is 0 Å². The van der Waals surface area contributed by atoms with Gasteiger partial charge < -0.3 is 9.47 Å². The first-order valence-electron chi connectivity index (χ1n) is 4.39. The lowest BCUT2D eigenvalue weighted by Gasteiger charge is -2.24. The molecule has 2 nitrogen and oxygen atoms in total. The van der Waals surface area contributed by atoms with Gasteiger partial charge in [-0.1, -0.05) is 13.3 Å². The van der Waals surface area contributed by atoms with Crippen LogP contribution >= 0.6 is 0 Å². The predicted molar refractivity (Wildman–Crippen MR) is 44.7 cm³/mol. The molecule has 1 atom stereocenters. The Hall–Kier alpha value is -0.0800. The van der Waals surface area contributed by atoms with Crippen molar-refractivity contribution in [1.82, 2.24) is 0 Å². The van der Waals surface area contributed by atoms with Gasteiger partial charge in [0.15, 0.2) is 0 Å². The molecule has 0 aromatic rings. The molecular weight excluding hydrogens is 140 g/mol. The van der Waals surface area contributed by atoms with Gasteiger partial charge >= 0.3 is 0 Å². The van der Waals surface area contributed by atoms with Gasteiger partial charge in [0.25, 0.3) is 0 Å². The van der Waals surface area contributed by atoms with E-state index in [0.29, 0.717) is 6.10 Å². The molecule has 0 N–H and O–H groups in total. The lowest BCUT2D eigenvalue weighted by molar-refractivity contribution is -0.0303. The number of rotatable bonds is 5. The first-order chi connectivity index (χ1) is 5.14. The smallest absolute Gasteiger partial charge is 0.104 e. The summed E-state index contributed by atoms with van der Waals surface area (Å²) in [6, 6.07) is 0. The topological polar surface area (TPSA) is 21.8 Å². The molecule has 0 aliphatic carbocycles. The van der Waals surface area contributed by atoms with Crippen molar-refractivity contribution < 1.29 is 9.47 Å². The van der Waals surface area contributed by atoms with Crippen molar-refractivity contribution >= 4 is 0 Å². The van der Waals surface area contributed by atoms with Crippen LogP contribution in [0, 0.1) is 0 Å². The van der Waals surface area contributed by atoms with Crippen molar-refractivity contribution in [3.8, 4) is 0 Å². The van der Waals surface area contributed by atoms with E-state index in [1.54, 1.807) is 0 Å². The molecule has 66 valence electrons. The lowest BCUT2D eigenvalue weighted by Crippen LogP contribution is -2.26. The summed E-state index contributed by atoms with van der Waals surface area (Å²) in [5.41, 5.74) is 0.0424. The fraction of sp³-hybridized carbons (Fsp3) is 1.00. The lowest BCUT2D eigenvalue weighted by atomic mass is 10.0. The Morgan fingerprint density at radius 3 is 2.64 bits per heavy atom. The van der Waals surface area contributed by atoms with E-state index in [1.165, 1.54) is 6.42 Å². The second-order valence-electron chi connectivity index (χ2n) is 3.78. The summed E-state index contributed by atoms with van der Waals surface area (Å²) in [6.07, 6.45) is 2.70. The zero-order valence-corrected chi connectivity index (χ0v) is 7.72. The zero-order valence-electron chi connectivity index (χ0n) is 7.72. The van der Waals surface area contributed by atoms with E-state index in [1.807, 2.05) is 0 Å². The van der Waals surface area contributed by atoms with Crippen LogP contribution in [0.25, 0.3) is 0 Å². The monoisotopic (exact) mass is 158 g/mol. The number of ether oxygens (including phenoxy) is 2. The molecule has 1 saturated heterocycles. The Morgan fingerprint density at radius 1 is 1.55 bits per heavy atom. The van der Waals surface area contributed by atoms with Crippen molar-refractivity contribution in [2.75, 3.05) is 13.2 Å². The Morgan fingerprint density at radius 2 is 2.18 bits per heavy atom. The SMILES string of the molecule is CCCC(C)(C)OCC1CO1. The van der Waals surface area contributed by atoms with Crippen LogP contribution in [0.3, 0.4) is 0 Å². The number of hydrogen-bond donors (Lipinski definition) is 0. The molecule has 1 fully saturated rings. The van der Waals surface area contributed by atoms with Gasteiger partial charge in [-0.3, -0.25) is 0 Å². The maximum atomic E-state index is 5.67. The van der Waals surface area contributed by atoms with E-state index in [9.17, 15) is 0 Å². The molecule has 1 aliphatic heterocycles. The minimum Gasteiger partial charge on any atom is -0.373 e. The highest BCUT2D eigenvalue weighted by Gasteiger charge is 2.26. The van der Waals surface area contributed by atoms with Gasteiger partial charge in [-0.2, -0.15) is 0 Å². The van der Waals surface area contributed by atoms with Gasteiger partial charge in [0.05, 0.1) is 18.8 Å². The molecule has 0 saturated carbocycles. The minimum atomic E-state index is 0.0424. The van der Waals surface area contributed by atoms with Gasteiger partial charge in [-0.25, -0.2) is 0 Å². The maximum Gasteiger partial charge on any atom is 0.104 e. The summed E-state index contributed by atoms with van der Waals surface area (Å²) >= 11 is 0. The Labute approximate surface area is 68.9 Å². The second-order valence-corrected chi connectivity index (χ2v) is 3.78. The average Bonchev–Trinajstić information content (AvgIpc) is 2.65. The Kier molecular flexibility index (Phi) is 2.90. The molecule has 2 heteroatoms. The fourth-order valence-corrected chi connectivity index (χ4v) is 1.16. The van der Waals surface area contributed by atoms with Crippen LogP contribution in [0.2, 0.25) is 0 Å². The van der Waals surface area contributed by atoms with E-state index < -0.39 is 0 Å². The third-order valence-electron chi connectivity index (χ3n) is 1.91. The van der Waals surface area contributed by atoms with Crippen LogP contribution in [0.15, 0.2) is 0 Å². The second kappa shape index (κ2) is 3.55. The number of hydrogen-bond acceptors (Lipinski definition) is 2. The molecular formula is C9H18O2. The molecule has 0 spiro atoms. The molecule has 0 bridgehead atoms. The standard InChI is InChI=1S/C9H18O2/c1-4-5-9(2,3)11-7-8-6-10-8/h8H,4-7H2,1-3H3. The normalized spacial score (nSPS) is 23.7. The highest BCUT2D eigenvalue weighted by atomic mass is 16.6. The van der Waals surface area contributed by atoms with E-state index >= 15 is 0 Å². The van der Waals surface area contributed by atoms with E-state index in [0.717, 1.165) is 19.6 Å². The zero-order chi connectivity index (χ0) is 8.32. The molecule has 0 amide bonds. The van der Waals surface area contributed by atoms with Gasteiger partial charge in [0.2, 0.25) is 0 Å². The summed E-state index contributed by atoms with van der Waals surface area (Å²) in [6.45, 7) is 8.12. The van der Waals surface area contributed by atoms with Crippen molar-refractivity contribution in [2.45, 2.75) is 45.3 Å². The molecule has 0 aromatic heterocycles. The molecule has 1 unspecified atom stereocenters. The van der Waals surface area contributed by atoms with Crippen LogP contribution in [-0.2, 0) is 9.47 Å². The summed E-state index contributed by atoms with van der Waals surface area (Å²) in [7, 11) is 0. The van der Waals surface area contributed by atoms with E-state index in [-0.39, 0.29) is 5.60 Å². The van der Waals surface area contributed by atoms with Gasteiger partial charge in [-0.15, -0.1) is 0 Å². The summed E-state index contributed by atoms with van der Waals surface area (Å²) < 4.78 is 10.7. The fourth-order valence-electron chi connectivity index (χ4n) is 1.16. The van der Waals surface area contributed by atoms with Crippen LogP contribution in [-0.4, -0.2) is 24.9 Å². The Bertz CT molecular complexity index is 117. The summed E-state index contributed by atoms with van der Waals surface area (Å²) in [5.74, 6) is 0. The molecule has 1 rings (SSSR count). The number of epoxide rings is 1. The highest BCUT2D eigenvalue weighted by Crippen LogP contribution is 2.19. The molecule has 0 radical (unpaired) electrons. The van der Waals surface area contributed by atoms with Crippen molar-refractivity contribution in [3.05, 3.63) is 0 Å². The summed E-state index contributed by atoms with van der Waals surface area (Å²) in [4.78, 5) is 0. The predicted octanol–water partition coefficient (Wildman–Crippen LogP) is 1.98. The van der Waals surface area contributed by atoms with Crippen LogP contribution in [0.5, 0.6) is 0 Å². The van der Waals surface area contributed by atoms with Gasteiger partial charge in [0, 0.05) is 0 Å². The maximum absolute atomic E-state index is 5.67. The third kappa shape index (κ3) is 3.73. The van der Waals surface area contributed by atoms with Crippen LogP contribution in [0.1, 0.15) is 33.6 Å². The molecule has 1 aliphatic rings. The molecule has 1 heterocycles. The van der Waals surface area contributed by atoms with Crippen molar-refractivity contribution in [2.24, 2.45) is 0 Å². The molecule has 11 heavy (non-hydrogen) atoms.